The fraction of sp³-hybridized carbons (Fsp3) is 0.400. The highest BCUT2D eigenvalue weighted by molar-refractivity contribution is 6.26. The van der Waals surface area contributed by atoms with Crippen molar-refractivity contribution < 1.29 is 14.4 Å². The highest BCUT2D eigenvalue weighted by atomic mass is 16.2. The topological polar surface area (TPSA) is 69.7 Å². The Balaban J connectivity index is 1.57. The van der Waals surface area contributed by atoms with E-state index in [1.165, 1.54) is 4.90 Å². The molecule has 1 spiro atoms. The number of rotatable bonds is 1. The van der Waals surface area contributed by atoms with Crippen molar-refractivity contribution in [2.45, 2.75) is 45.2 Å². The molecule has 3 saturated heterocycles. The molecule has 4 heterocycles. The molecule has 3 amide bonds. The van der Waals surface area contributed by atoms with Gasteiger partial charge >= 0.3 is 0 Å². The zero-order valence-corrected chi connectivity index (χ0v) is 17.9. The second kappa shape index (κ2) is 6.04. The number of hydrogen-bond acceptors (Lipinski definition) is 4. The van der Waals surface area contributed by atoms with E-state index < -0.39 is 17.4 Å². The van der Waals surface area contributed by atoms with Gasteiger partial charge in [-0.1, -0.05) is 35.4 Å². The monoisotopic (exact) mass is 415 g/mol. The maximum absolute atomic E-state index is 13.9. The molecule has 2 aromatic rings. The van der Waals surface area contributed by atoms with Crippen LogP contribution in [-0.2, 0) is 19.9 Å². The summed E-state index contributed by atoms with van der Waals surface area (Å²) < 4.78 is 0. The van der Waals surface area contributed by atoms with Crippen molar-refractivity contribution in [3.05, 3.63) is 58.7 Å². The first kappa shape index (κ1) is 18.8. The Morgan fingerprint density at radius 2 is 1.71 bits per heavy atom. The lowest BCUT2D eigenvalue weighted by molar-refractivity contribution is -0.135. The lowest BCUT2D eigenvalue weighted by Gasteiger charge is -2.36. The molecule has 4 unspecified atom stereocenters. The largest absolute Gasteiger partial charge is 0.324 e. The SMILES string of the molecule is Cc1ccc(N2C(=O)C3C4CCCN4C4(C(=O)Nc5c(C)cc(C)cc54)C3C2=O)cc1. The molecule has 6 heteroatoms. The molecule has 0 aliphatic carbocycles. The third-order valence-corrected chi connectivity index (χ3v) is 7.74. The van der Waals surface area contributed by atoms with Crippen molar-refractivity contribution in [3.63, 3.8) is 0 Å². The molecule has 3 fully saturated rings. The zero-order chi connectivity index (χ0) is 21.7. The van der Waals surface area contributed by atoms with Gasteiger partial charge in [0.2, 0.25) is 17.7 Å². The summed E-state index contributed by atoms with van der Waals surface area (Å²) in [6.45, 7) is 6.70. The molecule has 6 nitrogen and oxygen atoms in total. The van der Waals surface area contributed by atoms with Crippen LogP contribution >= 0.6 is 0 Å². The normalized spacial score (nSPS) is 31.4. The molecular weight excluding hydrogens is 390 g/mol. The standard InChI is InChI=1S/C25H25N3O3/c1-13-6-8-16(9-7-13)28-22(29)19-18-5-4-10-27(18)25(20(19)23(28)30)17-12-14(2)11-15(3)21(17)26-24(25)31/h6-9,11-12,18-20H,4-5,10H2,1-3H3,(H,26,31). The number of hydrogen-bond donors (Lipinski definition) is 1. The van der Waals surface area contributed by atoms with Gasteiger partial charge in [0, 0.05) is 17.3 Å². The number of anilines is 2. The first-order valence-corrected chi connectivity index (χ1v) is 11.0. The molecule has 0 bridgehead atoms. The van der Waals surface area contributed by atoms with E-state index in [4.69, 9.17) is 0 Å². The molecule has 4 aliphatic heterocycles. The first-order chi connectivity index (χ1) is 14.9. The maximum Gasteiger partial charge on any atom is 0.250 e. The average Bonchev–Trinajstić information content (AvgIpc) is 3.42. The summed E-state index contributed by atoms with van der Waals surface area (Å²) in [7, 11) is 0. The fourth-order valence-electron chi connectivity index (χ4n) is 6.61. The Labute approximate surface area is 181 Å². The summed E-state index contributed by atoms with van der Waals surface area (Å²) in [6, 6.07) is 11.5. The van der Waals surface area contributed by atoms with Gasteiger partial charge in [-0.05, 0) is 57.9 Å². The number of imide groups is 1. The zero-order valence-electron chi connectivity index (χ0n) is 17.9. The van der Waals surface area contributed by atoms with Gasteiger partial charge in [-0.2, -0.15) is 0 Å². The number of nitrogens with zero attached hydrogens (tertiary/aromatic N) is 2. The van der Waals surface area contributed by atoms with Crippen LogP contribution in [0.1, 0.15) is 35.1 Å². The van der Waals surface area contributed by atoms with Crippen LogP contribution < -0.4 is 10.2 Å². The van der Waals surface area contributed by atoms with Crippen molar-refractivity contribution in [1.82, 2.24) is 4.90 Å². The minimum atomic E-state index is -1.11. The summed E-state index contributed by atoms with van der Waals surface area (Å²) in [5, 5.41) is 3.09. The molecule has 0 saturated carbocycles. The molecular formula is C25H25N3O3. The van der Waals surface area contributed by atoms with Gasteiger partial charge < -0.3 is 5.32 Å². The summed E-state index contributed by atoms with van der Waals surface area (Å²) in [5.41, 5.74) is 4.26. The van der Waals surface area contributed by atoms with E-state index in [0.29, 0.717) is 5.69 Å². The van der Waals surface area contributed by atoms with Crippen molar-refractivity contribution >= 4 is 29.1 Å². The number of fused-ring (bicyclic) bond motifs is 7. The Morgan fingerprint density at radius 1 is 0.968 bits per heavy atom. The van der Waals surface area contributed by atoms with Gasteiger partial charge in [0.15, 0.2) is 0 Å². The summed E-state index contributed by atoms with van der Waals surface area (Å²) >= 11 is 0. The first-order valence-electron chi connectivity index (χ1n) is 11.0. The van der Waals surface area contributed by atoms with Crippen molar-refractivity contribution in [2.24, 2.45) is 11.8 Å². The molecule has 31 heavy (non-hydrogen) atoms. The Kier molecular flexibility index (Phi) is 3.65. The van der Waals surface area contributed by atoms with E-state index in [2.05, 4.69) is 10.2 Å². The second-order valence-electron chi connectivity index (χ2n) is 9.48. The molecule has 0 radical (unpaired) electrons. The Bertz CT molecular complexity index is 1170. The van der Waals surface area contributed by atoms with Gasteiger partial charge in [-0.15, -0.1) is 0 Å². The van der Waals surface area contributed by atoms with E-state index >= 15 is 0 Å². The van der Waals surface area contributed by atoms with Gasteiger partial charge in [0.05, 0.1) is 17.5 Å². The smallest absolute Gasteiger partial charge is 0.250 e. The number of aryl methyl sites for hydroxylation is 3. The summed E-state index contributed by atoms with van der Waals surface area (Å²) in [5.74, 6) is -1.78. The second-order valence-corrected chi connectivity index (χ2v) is 9.48. The van der Waals surface area contributed by atoms with Gasteiger partial charge in [-0.25, -0.2) is 4.90 Å². The summed E-state index contributed by atoms with van der Waals surface area (Å²) in [6.07, 6.45) is 1.76. The molecule has 4 aliphatic rings. The van der Waals surface area contributed by atoms with E-state index in [1.807, 2.05) is 57.2 Å². The predicted octanol–water partition coefficient (Wildman–Crippen LogP) is 3.04. The minimum Gasteiger partial charge on any atom is -0.324 e. The molecule has 1 N–H and O–H groups in total. The van der Waals surface area contributed by atoms with Crippen LogP contribution in [0.5, 0.6) is 0 Å². The number of benzene rings is 2. The highest BCUT2D eigenvalue weighted by Crippen LogP contribution is 2.61. The molecule has 0 aromatic heterocycles. The number of carbonyl (C=O) groups excluding carboxylic acids is 3. The third kappa shape index (κ3) is 2.13. The lowest BCUT2D eigenvalue weighted by atomic mass is 9.75. The van der Waals surface area contributed by atoms with Gasteiger partial charge in [-0.3, -0.25) is 19.3 Å². The number of carbonyl (C=O) groups is 3. The van der Waals surface area contributed by atoms with Crippen molar-refractivity contribution in [2.75, 3.05) is 16.8 Å². The number of amides is 3. The van der Waals surface area contributed by atoms with E-state index in [0.717, 1.165) is 47.3 Å². The minimum absolute atomic E-state index is 0.0885. The number of nitrogens with one attached hydrogen (secondary N) is 1. The quantitative estimate of drug-likeness (QED) is 0.727. The van der Waals surface area contributed by atoms with Crippen LogP contribution in [0.15, 0.2) is 36.4 Å². The van der Waals surface area contributed by atoms with E-state index in [-0.39, 0.29) is 23.8 Å². The predicted molar refractivity (Wildman–Crippen MR) is 117 cm³/mol. The van der Waals surface area contributed by atoms with E-state index in [9.17, 15) is 14.4 Å². The Hall–Kier alpha value is -2.99. The molecule has 2 aromatic carbocycles. The average molecular weight is 415 g/mol. The molecule has 158 valence electrons. The van der Waals surface area contributed by atoms with Crippen LogP contribution in [0, 0.1) is 32.6 Å². The third-order valence-electron chi connectivity index (χ3n) is 7.74. The van der Waals surface area contributed by atoms with Crippen LogP contribution in [0.25, 0.3) is 0 Å². The molecule has 4 atom stereocenters. The highest BCUT2D eigenvalue weighted by Gasteiger charge is 2.74. The van der Waals surface area contributed by atoms with Crippen LogP contribution in [-0.4, -0.2) is 35.2 Å². The van der Waals surface area contributed by atoms with E-state index in [1.54, 1.807) is 0 Å². The maximum atomic E-state index is 13.9. The lowest BCUT2D eigenvalue weighted by Crippen LogP contribution is -2.54. The Morgan fingerprint density at radius 3 is 2.45 bits per heavy atom. The van der Waals surface area contributed by atoms with Crippen molar-refractivity contribution in [1.29, 1.82) is 0 Å². The van der Waals surface area contributed by atoms with Crippen LogP contribution in [0.4, 0.5) is 11.4 Å². The van der Waals surface area contributed by atoms with Gasteiger partial charge in [0.1, 0.15) is 5.54 Å². The van der Waals surface area contributed by atoms with Crippen LogP contribution in [0.3, 0.4) is 0 Å². The van der Waals surface area contributed by atoms with Crippen molar-refractivity contribution in [3.8, 4) is 0 Å². The fourth-order valence-corrected chi connectivity index (χ4v) is 6.61. The van der Waals surface area contributed by atoms with Gasteiger partial charge in [0.25, 0.3) is 0 Å². The van der Waals surface area contributed by atoms with Crippen LogP contribution in [0.2, 0.25) is 0 Å². The molecule has 6 rings (SSSR count). The summed E-state index contributed by atoms with van der Waals surface area (Å²) in [4.78, 5) is 44.8.